The first-order chi connectivity index (χ1) is 7.94. The van der Waals surface area contributed by atoms with Gasteiger partial charge in [-0.3, -0.25) is 4.90 Å². The van der Waals surface area contributed by atoms with Gasteiger partial charge >= 0.3 is 6.09 Å². The molecule has 0 N–H and O–H groups in total. The Bertz CT molecular complexity index is 354. The summed E-state index contributed by atoms with van der Waals surface area (Å²) in [7, 11) is 0. The molecule has 0 heterocycles. The van der Waals surface area contributed by atoms with Crippen LogP contribution >= 0.6 is 0 Å². The fourth-order valence-electron chi connectivity index (χ4n) is 1.47. The third kappa shape index (κ3) is 4.47. The predicted octanol–water partition coefficient (Wildman–Crippen LogP) is 3.84. The number of hydrogen-bond donors (Lipinski definition) is 0. The van der Waals surface area contributed by atoms with Gasteiger partial charge in [0.1, 0.15) is 5.60 Å². The molecular formula is C14H21NO2. The number of benzene rings is 1. The van der Waals surface area contributed by atoms with E-state index >= 15 is 0 Å². The summed E-state index contributed by atoms with van der Waals surface area (Å²) >= 11 is 0. The minimum Gasteiger partial charge on any atom is -0.443 e. The molecule has 1 rings (SSSR count). The number of amides is 1. The van der Waals surface area contributed by atoms with Crippen molar-refractivity contribution < 1.29 is 9.53 Å². The second-order valence-electron chi connectivity index (χ2n) is 4.97. The van der Waals surface area contributed by atoms with Crippen LogP contribution in [-0.2, 0) is 4.74 Å². The molecule has 0 atom stereocenters. The van der Waals surface area contributed by atoms with Gasteiger partial charge in [-0.05, 0) is 39.3 Å². The first-order valence-electron chi connectivity index (χ1n) is 5.99. The van der Waals surface area contributed by atoms with Crippen LogP contribution < -0.4 is 4.90 Å². The lowest BCUT2D eigenvalue weighted by atomic mass is 10.2. The second kappa shape index (κ2) is 5.71. The summed E-state index contributed by atoms with van der Waals surface area (Å²) < 4.78 is 5.39. The molecule has 0 aliphatic heterocycles. The molecule has 0 saturated heterocycles. The molecule has 17 heavy (non-hydrogen) atoms. The van der Waals surface area contributed by atoms with Crippen molar-refractivity contribution in [2.45, 2.75) is 39.7 Å². The monoisotopic (exact) mass is 235 g/mol. The maximum absolute atomic E-state index is 12.1. The maximum atomic E-state index is 12.1. The minimum atomic E-state index is -0.460. The quantitative estimate of drug-likeness (QED) is 0.796. The SMILES string of the molecule is CCCN(C(=O)OC(C)(C)C)c1ccccc1. The Morgan fingerprint density at radius 1 is 1.24 bits per heavy atom. The summed E-state index contributed by atoms with van der Waals surface area (Å²) in [5.74, 6) is 0. The van der Waals surface area contributed by atoms with Crippen molar-refractivity contribution in [2.75, 3.05) is 11.4 Å². The van der Waals surface area contributed by atoms with Gasteiger partial charge in [-0.1, -0.05) is 25.1 Å². The highest BCUT2D eigenvalue weighted by atomic mass is 16.6. The van der Waals surface area contributed by atoms with Crippen molar-refractivity contribution in [3.05, 3.63) is 30.3 Å². The molecule has 1 aromatic rings. The van der Waals surface area contributed by atoms with Gasteiger partial charge in [0.25, 0.3) is 0 Å². The summed E-state index contributed by atoms with van der Waals surface area (Å²) in [4.78, 5) is 13.7. The molecule has 0 saturated carbocycles. The van der Waals surface area contributed by atoms with Gasteiger partial charge in [0, 0.05) is 12.2 Å². The summed E-state index contributed by atoms with van der Waals surface area (Å²) in [6, 6.07) is 9.60. The van der Waals surface area contributed by atoms with E-state index in [1.165, 1.54) is 0 Å². The molecule has 0 unspecified atom stereocenters. The van der Waals surface area contributed by atoms with E-state index in [2.05, 4.69) is 0 Å². The van der Waals surface area contributed by atoms with Crippen LogP contribution in [-0.4, -0.2) is 18.2 Å². The molecular weight excluding hydrogens is 214 g/mol. The summed E-state index contributed by atoms with van der Waals surface area (Å²) in [6.07, 6.45) is 0.610. The number of para-hydroxylation sites is 1. The summed E-state index contributed by atoms with van der Waals surface area (Å²) in [5, 5.41) is 0. The second-order valence-corrected chi connectivity index (χ2v) is 4.97. The van der Waals surface area contributed by atoms with Crippen LogP contribution in [0.5, 0.6) is 0 Å². The fraction of sp³-hybridized carbons (Fsp3) is 0.500. The molecule has 0 bridgehead atoms. The molecule has 0 aliphatic rings. The van der Waals surface area contributed by atoms with Gasteiger partial charge < -0.3 is 4.74 Å². The van der Waals surface area contributed by atoms with Crippen LogP contribution in [0.2, 0.25) is 0 Å². The van der Waals surface area contributed by atoms with Gasteiger partial charge in [-0.25, -0.2) is 4.79 Å². The molecule has 94 valence electrons. The van der Waals surface area contributed by atoms with E-state index in [0.717, 1.165) is 12.1 Å². The van der Waals surface area contributed by atoms with Gasteiger partial charge in [0.2, 0.25) is 0 Å². The van der Waals surface area contributed by atoms with Crippen molar-refractivity contribution in [1.29, 1.82) is 0 Å². The van der Waals surface area contributed by atoms with Gasteiger partial charge in [0.15, 0.2) is 0 Å². The highest BCUT2D eigenvalue weighted by Gasteiger charge is 2.22. The zero-order valence-corrected chi connectivity index (χ0v) is 11.1. The van der Waals surface area contributed by atoms with E-state index in [0.29, 0.717) is 6.54 Å². The Hall–Kier alpha value is -1.51. The topological polar surface area (TPSA) is 29.5 Å². The van der Waals surface area contributed by atoms with Crippen molar-refractivity contribution in [1.82, 2.24) is 0 Å². The molecule has 0 spiro atoms. The molecule has 0 fully saturated rings. The lowest BCUT2D eigenvalue weighted by Gasteiger charge is -2.27. The minimum absolute atomic E-state index is 0.287. The van der Waals surface area contributed by atoms with Gasteiger partial charge in [-0.2, -0.15) is 0 Å². The van der Waals surface area contributed by atoms with E-state index < -0.39 is 5.60 Å². The molecule has 0 aliphatic carbocycles. The standard InChI is InChI=1S/C14H21NO2/c1-5-11-15(12-9-7-6-8-10-12)13(16)17-14(2,3)4/h6-10H,5,11H2,1-4H3. The summed E-state index contributed by atoms with van der Waals surface area (Å²) in [5.41, 5.74) is 0.418. The van der Waals surface area contributed by atoms with Crippen LogP contribution in [0, 0.1) is 0 Å². The Labute approximate surface area is 103 Å². The normalized spacial score (nSPS) is 11.1. The van der Waals surface area contributed by atoms with Crippen molar-refractivity contribution in [3.63, 3.8) is 0 Å². The number of nitrogens with zero attached hydrogens (tertiary/aromatic N) is 1. The number of rotatable bonds is 3. The van der Waals surface area contributed by atoms with Crippen LogP contribution in [0.25, 0.3) is 0 Å². The van der Waals surface area contributed by atoms with Gasteiger partial charge in [0.05, 0.1) is 0 Å². The molecule has 0 aromatic heterocycles. The van der Waals surface area contributed by atoms with Crippen LogP contribution in [0.1, 0.15) is 34.1 Å². The molecule has 3 nitrogen and oxygen atoms in total. The number of anilines is 1. The highest BCUT2D eigenvalue weighted by Crippen LogP contribution is 2.18. The Balaban J connectivity index is 2.83. The smallest absolute Gasteiger partial charge is 0.414 e. The van der Waals surface area contributed by atoms with E-state index in [1.54, 1.807) is 4.90 Å². The third-order valence-electron chi connectivity index (χ3n) is 2.13. The molecule has 3 heteroatoms. The predicted molar refractivity (Wildman–Crippen MR) is 70.3 cm³/mol. The average Bonchev–Trinajstić information content (AvgIpc) is 2.24. The molecule has 0 radical (unpaired) electrons. The third-order valence-corrected chi connectivity index (χ3v) is 2.13. The van der Waals surface area contributed by atoms with Crippen LogP contribution in [0.4, 0.5) is 10.5 Å². The van der Waals surface area contributed by atoms with E-state index in [4.69, 9.17) is 4.74 Å². The van der Waals surface area contributed by atoms with E-state index in [1.807, 2.05) is 58.0 Å². The Morgan fingerprint density at radius 2 is 1.82 bits per heavy atom. The molecule has 1 aromatic carbocycles. The number of carbonyl (C=O) groups is 1. The first kappa shape index (κ1) is 13.6. The van der Waals surface area contributed by atoms with Crippen LogP contribution in [0.3, 0.4) is 0 Å². The number of carbonyl (C=O) groups excluding carboxylic acids is 1. The zero-order valence-electron chi connectivity index (χ0n) is 11.1. The largest absolute Gasteiger partial charge is 0.443 e. The Morgan fingerprint density at radius 3 is 2.29 bits per heavy atom. The van der Waals surface area contributed by atoms with Gasteiger partial charge in [-0.15, -0.1) is 0 Å². The van der Waals surface area contributed by atoms with E-state index in [9.17, 15) is 4.79 Å². The summed E-state index contributed by atoms with van der Waals surface area (Å²) in [6.45, 7) is 8.33. The lowest BCUT2D eigenvalue weighted by Crippen LogP contribution is -2.37. The first-order valence-corrected chi connectivity index (χ1v) is 5.99. The lowest BCUT2D eigenvalue weighted by molar-refractivity contribution is 0.0580. The zero-order chi connectivity index (χ0) is 12.9. The van der Waals surface area contributed by atoms with Crippen molar-refractivity contribution in [2.24, 2.45) is 0 Å². The highest BCUT2D eigenvalue weighted by molar-refractivity contribution is 5.87. The van der Waals surface area contributed by atoms with Crippen molar-refractivity contribution in [3.8, 4) is 0 Å². The van der Waals surface area contributed by atoms with Crippen molar-refractivity contribution >= 4 is 11.8 Å². The van der Waals surface area contributed by atoms with E-state index in [-0.39, 0.29) is 6.09 Å². The average molecular weight is 235 g/mol. The Kier molecular flexibility index (Phi) is 4.55. The fourth-order valence-corrected chi connectivity index (χ4v) is 1.47. The number of ether oxygens (including phenoxy) is 1. The molecule has 1 amide bonds. The maximum Gasteiger partial charge on any atom is 0.414 e. The van der Waals surface area contributed by atoms with Crippen LogP contribution in [0.15, 0.2) is 30.3 Å². The number of hydrogen-bond acceptors (Lipinski definition) is 2.